The van der Waals surface area contributed by atoms with Gasteiger partial charge in [-0.3, -0.25) is 0 Å². The highest BCUT2D eigenvalue weighted by atomic mass is 32.2. The molecule has 1 heterocycles. The third kappa shape index (κ3) is 3.49. The Kier molecular flexibility index (Phi) is 5.06. The van der Waals surface area contributed by atoms with Crippen molar-refractivity contribution in [3.05, 3.63) is 11.7 Å². The van der Waals surface area contributed by atoms with E-state index in [1.165, 1.54) is 43.9 Å². The Morgan fingerprint density at radius 2 is 2.17 bits per heavy atom. The van der Waals surface area contributed by atoms with Crippen molar-refractivity contribution >= 4 is 11.8 Å². The van der Waals surface area contributed by atoms with Crippen molar-refractivity contribution in [2.24, 2.45) is 5.92 Å². The molecule has 0 unspecified atom stereocenters. The Morgan fingerprint density at radius 1 is 1.39 bits per heavy atom. The summed E-state index contributed by atoms with van der Waals surface area (Å²) in [6, 6.07) is 2.09. The van der Waals surface area contributed by atoms with E-state index in [0.29, 0.717) is 23.3 Å². The predicted octanol–water partition coefficient (Wildman–Crippen LogP) is 3.51. The Balaban J connectivity index is 1.85. The van der Waals surface area contributed by atoms with E-state index < -0.39 is 0 Å². The second-order valence-electron chi connectivity index (χ2n) is 4.82. The number of aromatic nitrogens is 2. The van der Waals surface area contributed by atoms with Crippen LogP contribution in [-0.2, 0) is 5.75 Å². The molecule has 0 spiro atoms. The number of nitriles is 1. The van der Waals surface area contributed by atoms with Gasteiger partial charge in [0.1, 0.15) is 0 Å². The summed E-state index contributed by atoms with van der Waals surface area (Å²) in [5, 5.41) is 12.6. The van der Waals surface area contributed by atoms with Crippen LogP contribution in [0.2, 0.25) is 0 Å². The van der Waals surface area contributed by atoms with Gasteiger partial charge in [0.25, 0.3) is 0 Å². The number of nitrogens with zero attached hydrogens (tertiary/aromatic N) is 3. The fraction of sp³-hybridized carbons (Fsp3) is 0.769. The second kappa shape index (κ2) is 6.79. The summed E-state index contributed by atoms with van der Waals surface area (Å²) in [6.07, 6.45) is 6.23. The molecular weight excluding hydrogens is 246 g/mol. The van der Waals surface area contributed by atoms with Crippen LogP contribution in [0.3, 0.4) is 0 Å². The minimum Gasteiger partial charge on any atom is -0.338 e. The van der Waals surface area contributed by atoms with Gasteiger partial charge in [-0.15, -0.1) is 11.8 Å². The first-order chi connectivity index (χ1) is 8.83. The van der Waals surface area contributed by atoms with Gasteiger partial charge in [-0.05, 0) is 31.6 Å². The van der Waals surface area contributed by atoms with E-state index in [2.05, 4.69) is 23.1 Å². The predicted molar refractivity (Wildman–Crippen MR) is 71.1 cm³/mol. The van der Waals surface area contributed by atoms with Gasteiger partial charge in [0.05, 0.1) is 17.6 Å². The molecule has 0 aromatic carbocycles. The third-order valence-electron chi connectivity index (χ3n) is 3.67. The molecule has 18 heavy (non-hydrogen) atoms. The molecule has 1 fully saturated rings. The Hall–Kier alpha value is -1.02. The molecule has 1 saturated carbocycles. The van der Waals surface area contributed by atoms with Gasteiger partial charge in [0, 0.05) is 5.92 Å². The molecule has 1 aromatic heterocycles. The SMILES string of the molecule is CCC1CCC(c2noc(CSCC#N)n2)CC1. The van der Waals surface area contributed by atoms with E-state index in [1.807, 2.05) is 0 Å². The number of rotatable bonds is 5. The smallest absolute Gasteiger partial charge is 0.236 e. The van der Waals surface area contributed by atoms with Crippen LogP contribution in [0, 0.1) is 17.2 Å². The van der Waals surface area contributed by atoms with E-state index in [0.717, 1.165) is 11.7 Å². The van der Waals surface area contributed by atoms with E-state index in [4.69, 9.17) is 9.78 Å². The van der Waals surface area contributed by atoms with Crippen LogP contribution in [-0.4, -0.2) is 15.9 Å². The van der Waals surface area contributed by atoms with Crippen LogP contribution < -0.4 is 0 Å². The lowest BCUT2D eigenvalue weighted by molar-refractivity contribution is 0.303. The van der Waals surface area contributed by atoms with Gasteiger partial charge in [0.2, 0.25) is 5.89 Å². The molecule has 0 bridgehead atoms. The minimum absolute atomic E-state index is 0.472. The number of thioether (sulfide) groups is 1. The molecule has 0 aliphatic heterocycles. The fourth-order valence-electron chi connectivity index (χ4n) is 2.51. The first-order valence-corrected chi connectivity index (χ1v) is 7.76. The van der Waals surface area contributed by atoms with E-state index in [9.17, 15) is 0 Å². The quantitative estimate of drug-likeness (QED) is 0.762. The molecule has 0 N–H and O–H groups in total. The zero-order valence-corrected chi connectivity index (χ0v) is 11.6. The molecule has 0 radical (unpaired) electrons. The molecule has 0 atom stereocenters. The average Bonchev–Trinajstić information content (AvgIpc) is 2.88. The topological polar surface area (TPSA) is 62.7 Å². The summed E-state index contributed by atoms with van der Waals surface area (Å²) >= 11 is 1.51. The van der Waals surface area contributed by atoms with Crippen molar-refractivity contribution in [2.75, 3.05) is 5.75 Å². The summed E-state index contributed by atoms with van der Waals surface area (Å²) in [5.74, 6) is 4.01. The summed E-state index contributed by atoms with van der Waals surface area (Å²) in [4.78, 5) is 4.45. The van der Waals surface area contributed by atoms with Crippen molar-refractivity contribution in [3.8, 4) is 6.07 Å². The maximum Gasteiger partial charge on any atom is 0.236 e. The Bertz CT molecular complexity index is 405. The monoisotopic (exact) mass is 265 g/mol. The number of hydrogen-bond acceptors (Lipinski definition) is 5. The average molecular weight is 265 g/mol. The lowest BCUT2D eigenvalue weighted by Crippen LogP contribution is -2.13. The van der Waals surface area contributed by atoms with E-state index in [1.54, 1.807) is 0 Å². The highest BCUT2D eigenvalue weighted by molar-refractivity contribution is 7.98. The second-order valence-corrected chi connectivity index (χ2v) is 5.81. The Labute approximate surface area is 112 Å². The summed E-state index contributed by atoms with van der Waals surface area (Å²) in [5.41, 5.74) is 0. The summed E-state index contributed by atoms with van der Waals surface area (Å²) in [6.45, 7) is 2.27. The summed E-state index contributed by atoms with van der Waals surface area (Å²) in [7, 11) is 0. The molecular formula is C13H19N3OS. The van der Waals surface area contributed by atoms with Crippen molar-refractivity contribution in [2.45, 2.75) is 50.7 Å². The van der Waals surface area contributed by atoms with Crippen LogP contribution in [0.4, 0.5) is 0 Å². The normalized spacial score (nSPS) is 23.8. The van der Waals surface area contributed by atoms with Crippen molar-refractivity contribution in [1.29, 1.82) is 5.26 Å². The molecule has 0 amide bonds. The van der Waals surface area contributed by atoms with Crippen molar-refractivity contribution < 1.29 is 4.52 Å². The van der Waals surface area contributed by atoms with Crippen molar-refractivity contribution in [3.63, 3.8) is 0 Å². The lowest BCUT2D eigenvalue weighted by Gasteiger charge is -2.25. The van der Waals surface area contributed by atoms with Gasteiger partial charge in [0.15, 0.2) is 5.82 Å². The fourth-order valence-corrected chi connectivity index (χ4v) is 2.99. The molecule has 2 rings (SSSR count). The molecule has 4 nitrogen and oxygen atoms in total. The van der Waals surface area contributed by atoms with Crippen LogP contribution in [0.15, 0.2) is 4.52 Å². The zero-order valence-electron chi connectivity index (χ0n) is 10.8. The van der Waals surface area contributed by atoms with Crippen LogP contribution in [0.5, 0.6) is 0 Å². The molecule has 98 valence electrons. The lowest BCUT2D eigenvalue weighted by atomic mass is 9.80. The first kappa shape index (κ1) is 13.4. The molecule has 0 saturated heterocycles. The number of hydrogen-bond donors (Lipinski definition) is 0. The van der Waals surface area contributed by atoms with Gasteiger partial charge in [-0.25, -0.2) is 0 Å². The molecule has 1 aliphatic rings. The molecule has 1 aliphatic carbocycles. The van der Waals surface area contributed by atoms with Crippen molar-refractivity contribution in [1.82, 2.24) is 10.1 Å². The van der Waals surface area contributed by atoms with E-state index in [-0.39, 0.29) is 0 Å². The zero-order chi connectivity index (χ0) is 12.8. The minimum atomic E-state index is 0.472. The third-order valence-corrected chi connectivity index (χ3v) is 4.45. The van der Waals surface area contributed by atoms with Gasteiger partial charge >= 0.3 is 0 Å². The highest BCUT2D eigenvalue weighted by Crippen LogP contribution is 2.35. The highest BCUT2D eigenvalue weighted by Gasteiger charge is 2.24. The van der Waals surface area contributed by atoms with Gasteiger partial charge in [-0.1, -0.05) is 18.5 Å². The largest absolute Gasteiger partial charge is 0.338 e. The molecule has 1 aromatic rings. The van der Waals surface area contributed by atoms with Gasteiger partial charge < -0.3 is 4.52 Å². The van der Waals surface area contributed by atoms with Crippen LogP contribution in [0.25, 0.3) is 0 Å². The van der Waals surface area contributed by atoms with Crippen LogP contribution in [0.1, 0.15) is 56.7 Å². The maximum absolute atomic E-state index is 8.46. The van der Waals surface area contributed by atoms with E-state index >= 15 is 0 Å². The van der Waals surface area contributed by atoms with Gasteiger partial charge in [-0.2, -0.15) is 10.2 Å². The van der Waals surface area contributed by atoms with Crippen LogP contribution >= 0.6 is 11.8 Å². The Morgan fingerprint density at radius 3 is 2.83 bits per heavy atom. The first-order valence-electron chi connectivity index (χ1n) is 6.60. The maximum atomic E-state index is 8.46. The standard InChI is InChI=1S/C13H19N3OS/c1-2-10-3-5-11(6-4-10)13-15-12(17-16-13)9-18-8-7-14/h10-11H,2-6,8-9H2,1H3. The molecule has 5 heteroatoms. The summed E-state index contributed by atoms with van der Waals surface area (Å²) < 4.78 is 5.23.